The van der Waals surface area contributed by atoms with Crippen LogP contribution in [0.15, 0.2) is 0 Å². The van der Waals surface area contributed by atoms with Gasteiger partial charge in [-0.2, -0.15) is 0 Å². The molecular weight excluding hydrogens is 216 g/mol. The molecule has 0 aromatic heterocycles. The van der Waals surface area contributed by atoms with Gasteiger partial charge >= 0.3 is 0 Å². The molecule has 4 heteroatoms. The molecule has 0 aromatic carbocycles. The highest BCUT2D eigenvalue weighted by atomic mass is 16.5. The van der Waals surface area contributed by atoms with E-state index in [1.165, 1.54) is 0 Å². The van der Waals surface area contributed by atoms with Gasteiger partial charge in [0.2, 0.25) is 0 Å². The topological polar surface area (TPSA) is 44.7 Å². The molecule has 2 unspecified atom stereocenters. The molecule has 0 heterocycles. The third-order valence-corrected chi connectivity index (χ3v) is 2.47. The molecule has 4 nitrogen and oxygen atoms in total. The highest BCUT2D eigenvalue weighted by Gasteiger charge is 2.08. The smallest absolute Gasteiger partial charge is 0.0897 e. The molecule has 0 aromatic rings. The van der Waals surface area contributed by atoms with Gasteiger partial charge in [-0.3, -0.25) is 0 Å². The Kier molecular flexibility index (Phi) is 9.74. The van der Waals surface area contributed by atoms with Crippen LogP contribution in [0.5, 0.6) is 0 Å². The first-order chi connectivity index (χ1) is 7.91. The van der Waals surface area contributed by atoms with Crippen molar-refractivity contribution < 1.29 is 9.84 Å². The van der Waals surface area contributed by atoms with E-state index in [0.29, 0.717) is 31.7 Å². The molecule has 0 fully saturated rings. The number of nitrogens with one attached hydrogen (secondary N) is 1. The second-order valence-corrected chi connectivity index (χ2v) is 5.49. The fraction of sp³-hybridized carbons (Fsp3) is 1.00. The summed E-state index contributed by atoms with van der Waals surface area (Å²) < 4.78 is 5.39. The molecule has 104 valence electrons. The minimum absolute atomic E-state index is 0.407. The van der Waals surface area contributed by atoms with Gasteiger partial charge in [-0.25, -0.2) is 0 Å². The van der Waals surface area contributed by atoms with E-state index < -0.39 is 6.10 Å². The first-order valence-corrected chi connectivity index (χ1v) is 6.55. The van der Waals surface area contributed by atoms with Crippen LogP contribution in [0.25, 0.3) is 0 Å². The van der Waals surface area contributed by atoms with Crippen LogP contribution in [0.3, 0.4) is 0 Å². The van der Waals surface area contributed by atoms with Gasteiger partial charge in [0.1, 0.15) is 0 Å². The lowest BCUT2D eigenvalue weighted by molar-refractivity contribution is 0.0250. The fourth-order valence-electron chi connectivity index (χ4n) is 1.39. The lowest BCUT2D eigenvalue weighted by atomic mass is 10.2. The van der Waals surface area contributed by atoms with Crippen molar-refractivity contribution in [1.82, 2.24) is 10.2 Å². The zero-order valence-corrected chi connectivity index (χ0v) is 12.1. The number of nitrogens with zero attached hydrogens (tertiary/aromatic N) is 1. The van der Waals surface area contributed by atoms with E-state index in [2.05, 4.69) is 45.1 Å². The van der Waals surface area contributed by atoms with Gasteiger partial charge in [-0.1, -0.05) is 13.8 Å². The van der Waals surface area contributed by atoms with E-state index in [1.54, 1.807) is 0 Å². The van der Waals surface area contributed by atoms with Crippen LogP contribution in [-0.2, 0) is 4.74 Å². The maximum atomic E-state index is 9.69. The van der Waals surface area contributed by atoms with E-state index >= 15 is 0 Å². The molecule has 0 aliphatic carbocycles. The van der Waals surface area contributed by atoms with Crippen LogP contribution in [0.4, 0.5) is 0 Å². The minimum Gasteiger partial charge on any atom is -0.389 e. The summed E-state index contributed by atoms with van der Waals surface area (Å²) in [7, 11) is 4.14. The van der Waals surface area contributed by atoms with Crippen LogP contribution in [0, 0.1) is 5.92 Å². The highest BCUT2D eigenvalue weighted by Crippen LogP contribution is 1.95. The summed E-state index contributed by atoms with van der Waals surface area (Å²) in [5.74, 6) is 0.522. The van der Waals surface area contributed by atoms with Gasteiger partial charge < -0.3 is 20.1 Å². The third kappa shape index (κ3) is 12.1. The lowest BCUT2D eigenvalue weighted by Gasteiger charge is -2.19. The number of ether oxygens (including phenoxy) is 1. The van der Waals surface area contributed by atoms with Crippen molar-refractivity contribution in [3.63, 3.8) is 0 Å². The van der Waals surface area contributed by atoms with E-state index in [-0.39, 0.29) is 0 Å². The van der Waals surface area contributed by atoms with Gasteiger partial charge in [0.05, 0.1) is 12.7 Å². The zero-order valence-electron chi connectivity index (χ0n) is 12.1. The normalized spacial score (nSPS) is 15.5. The lowest BCUT2D eigenvalue weighted by Crippen LogP contribution is -2.37. The Morgan fingerprint density at radius 2 is 1.82 bits per heavy atom. The van der Waals surface area contributed by atoms with Crippen molar-refractivity contribution in [2.75, 3.05) is 40.4 Å². The predicted octanol–water partition coefficient (Wildman–Crippen LogP) is 0.950. The third-order valence-electron chi connectivity index (χ3n) is 2.47. The molecule has 0 bridgehead atoms. The predicted molar refractivity (Wildman–Crippen MR) is 72.3 cm³/mol. The van der Waals surface area contributed by atoms with E-state index in [9.17, 15) is 5.11 Å². The Labute approximate surface area is 106 Å². The number of rotatable bonds is 10. The van der Waals surface area contributed by atoms with Crippen LogP contribution in [0.1, 0.15) is 27.2 Å². The summed E-state index contributed by atoms with van der Waals surface area (Å²) in [5.41, 5.74) is 0. The summed E-state index contributed by atoms with van der Waals surface area (Å²) in [6, 6.07) is 0.428. The molecule has 0 amide bonds. The van der Waals surface area contributed by atoms with Crippen molar-refractivity contribution in [2.45, 2.75) is 39.3 Å². The number of hydrogen-bond donors (Lipinski definition) is 2. The van der Waals surface area contributed by atoms with Gasteiger partial charge in [-0.15, -0.1) is 0 Å². The SMILES string of the molecule is CC(C)COCC(O)CNC(C)CCN(C)C. The van der Waals surface area contributed by atoms with Crippen LogP contribution in [-0.4, -0.2) is 62.6 Å². The zero-order chi connectivity index (χ0) is 13.3. The number of aliphatic hydroxyl groups is 1. The van der Waals surface area contributed by atoms with E-state index in [4.69, 9.17) is 4.74 Å². The Morgan fingerprint density at radius 1 is 1.18 bits per heavy atom. The van der Waals surface area contributed by atoms with Crippen LogP contribution in [0.2, 0.25) is 0 Å². The van der Waals surface area contributed by atoms with E-state index in [0.717, 1.165) is 13.0 Å². The summed E-state index contributed by atoms with van der Waals surface area (Å²) in [6.07, 6.45) is 0.683. The molecule has 0 saturated heterocycles. The van der Waals surface area contributed by atoms with Gasteiger partial charge in [0, 0.05) is 19.2 Å². The first kappa shape index (κ1) is 16.8. The number of aliphatic hydroxyl groups excluding tert-OH is 1. The Bertz CT molecular complexity index is 175. The first-order valence-electron chi connectivity index (χ1n) is 6.55. The molecule has 0 spiro atoms. The Hall–Kier alpha value is -0.160. The fourth-order valence-corrected chi connectivity index (χ4v) is 1.39. The Balaban J connectivity index is 3.45. The second kappa shape index (κ2) is 9.83. The maximum absolute atomic E-state index is 9.69. The van der Waals surface area contributed by atoms with Crippen molar-refractivity contribution in [3.05, 3.63) is 0 Å². The largest absolute Gasteiger partial charge is 0.389 e. The van der Waals surface area contributed by atoms with Gasteiger partial charge in [-0.05, 0) is 39.9 Å². The standard InChI is InChI=1S/C13H30N2O2/c1-11(2)9-17-10-13(16)8-14-12(3)6-7-15(4)5/h11-14,16H,6-10H2,1-5H3. The molecule has 0 aliphatic heterocycles. The van der Waals surface area contributed by atoms with Crippen molar-refractivity contribution in [1.29, 1.82) is 0 Å². The van der Waals surface area contributed by atoms with Crippen molar-refractivity contribution in [3.8, 4) is 0 Å². The molecule has 0 radical (unpaired) electrons. The minimum atomic E-state index is -0.407. The average molecular weight is 246 g/mol. The van der Waals surface area contributed by atoms with Crippen molar-refractivity contribution in [2.24, 2.45) is 5.92 Å². The molecule has 2 atom stereocenters. The molecular formula is C13H30N2O2. The van der Waals surface area contributed by atoms with Gasteiger partial charge in [0.25, 0.3) is 0 Å². The Morgan fingerprint density at radius 3 is 2.35 bits per heavy atom. The maximum Gasteiger partial charge on any atom is 0.0897 e. The summed E-state index contributed by atoms with van der Waals surface area (Å²) >= 11 is 0. The van der Waals surface area contributed by atoms with Crippen LogP contribution >= 0.6 is 0 Å². The molecule has 0 aliphatic rings. The average Bonchev–Trinajstić information content (AvgIpc) is 2.23. The summed E-state index contributed by atoms with van der Waals surface area (Å²) in [5, 5.41) is 13.0. The van der Waals surface area contributed by atoms with E-state index in [1.807, 2.05) is 0 Å². The van der Waals surface area contributed by atoms with Crippen LogP contribution < -0.4 is 5.32 Å². The van der Waals surface area contributed by atoms with Gasteiger partial charge in [0.15, 0.2) is 0 Å². The monoisotopic (exact) mass is 246 g/mol. The highest BCUT2D eigenvalue weighted by molar-refractivity contribution is 4.66. The molecule has 17 heavy (non-hydrogen) atoms. The second-order valence-electron chi connectivity index (χ2n) is 5.49. The molecule has 2 N–H and O–H groups in total. The molecule has 0 rings (SSSR count). The summed E-state index contributed by atoms with van der Waals surface area (Å²) in [4.78, 5) is 2.17. The number of hydrogen-bond acceptors (Lipinski definition) is 4. The summed E-state index contributed by atoms with van der Waals surface area (Å²) in [6.45, 7) is 9.16. The molecule has 0 saturated carbocycles. The van der Waals surface area contributed by atoms with Crippen molar-refractivity contribution >= 4 is 0 Å². The quantitative estimate of drug-likeness (QED) is 0.602.